The highest BCUT2D eigenvalue weighted by atomic mass is 16.2. The Kier molecular flexibility index (Phi) is 4.52. The molecule has 1 aliphatic heterocycles. The van der Waals surface area contributed by atoms with Crippen molar-refractivity contribution in [3.63, 3.8) is 0 Å². The summed E-state index contributed by atoms with van der Waals surface area (Å²) in [6.45, 7) is 1.82. The van der Waals surface area contributed by atoms with Crippen molar-refractivity contribution in [3.8, 4) is 11.1 Å². The predicted octanol–water partition coefficient (Wildman–Crippen LogP) is 1.72. The van der Waals surface area contributed by atoms with Gasteiger partial charge in [-0.1, -0.05) is 0 Å². The summed E-state index contributed by atoms with van der Waals surface area (Å²) in [7, 11) is 2.05. The van der Waals surface area contributed by atoms with Crippen LogP contribution in [-0.2, 0) is 4.79 Å². The second-order valence-electron chi connectivity index (χ2n) is 5.93. The molecular weight excluding hydrogens is 292 g/mol. The quantitative estimate of drug-likeness (QED) is 0.904. The first-order valence-corrected chi connectivity index (χ1v) is 7.76. The number of hydrogen-bond donors (Lipinski definition) is 2. The van der Waals surface area contributed by atoms with Crippen molar-refractivity contribution in [2.45, 2.75) is 12.8 Å². The fraction of sp³-hybridized carbons (Fsp3) is 0.353. The predicted molar refractivity (Wildman–Crippen MR) is 89.1 cm³/mol. The van der Waals surface area contributed by atoms with E-state index in [-0.39, 0.29) is 17.4 Å². The number of piperidine rings is 1. The largest absolute Gasteiger partial charge is 0.327 e. The molecule has 2 aromatic heterocycles. The van der Waals surface area contributed by atoms with Crippen LogP contribution in [0.3, 0.4) is 0 Å². The molecule has 1 amide bonds. The molecule has 120 valence electrons. The lowest BCUT2D eigenvalue weighted by molar-refractivity contribution is -0.121. The standard InChI is InChI=1S/C17H20N4O2/c1-21-8-4-13(5-9-21)16(22)20-15-10-14(11-19-17(15)23)12-2-6-18-7-3-12/h2-3,6-7,10-11,13H,4-5,8-9H2,1H3,(H,19,23)(H,20,22). The zero-order valence-electron chi connectivity index (χ0n) is 13.1. The van der Waals surface area contributed by atoms with E-state index in [4.69, 9.17) is 0 Å². The summed E-state index contributed by atoms with van der Waals surface area (Å²) in [6.07, 6.45) is 6.67. The Morgan fingerprint density at radius 2 is 1.96 bits per heavy atom. The second-order valence-corrected chi connectivity index (χ2v) is 5.93. The fourth-order valence-corrected chi connectivity index (χ4v) is 2.79. The molecule has 3 heterocycles. The zero-order valence-corrected chi connectivity index (χ0v) is 13.1. The lowest BCUT2D eigenvalue weighted by atomic mass is 9.96. The van der Waals surface area contributed by atoms with E-state index >= 15 is 0 Å². The van der Waals surface area contributed by atoms with Crippen LogP contribution < -0.4 is 10.9 Å². The minimum Gasteiger partial charge on any atom is -0.327 e. The highest BCUT2D eigenvalue weighted by molar-refractivity contribution is 5.93. The van der Waals surface area contributed by atoms with Gasteiger partial charge in [-0.3, -0.25) is 14.6 Å². The van der Waals surface area contributed by atoms with Gasteiger partial charge in [-0.2, -0.15) is 0 Å². The number of nitrogens with one attached hydrogen (secondary N) is 2. The number of nitrogens with zero attached hydrogens (tertiary/aromatic N) is 2. The topological polar surface area (TPSA) is 78.1 Å². The van der Waals surface area contributed by atoms with Crippen molar-refractivity contribution in [2.75, 3.05) is 25.5 Å². The van der Waals surface area contributed by atoms with E-state index < -0.39 is 0 Å². The third-order valence-electron chi connectivity index (χ3n) is 4.26. The normalized spacial score (nSPS) is 16.2. The molecule has 0 spiro atoms. The zero-order chi connectivity index (χ0) is 16.2. The Hall–Kier alpha value is -2.47. The Labute approximate surface area is 134 Å². The lowest BCUT2D eigenvalue weighted by Crippen LogP contribution is -2.36. The molecule has 0 atom stereocenters. The van der Waals surface area contributed by atoms with Crippen LogP contribution >= 0.6 is 0 Å². The van der Waals surface area contributed by atoms with Crippen LogP contribution in [0.25, 0.3) is 11.1 Å². The number of anilines is 1. The summed E-state index contributed by atoms with van der Waals surface area (Å²) < 4.78 is 0. The van der Waals surface area contributed by atoms with E-state index in [9.17, 15) is 9.59 Å². The van der Waals surface area contributed by atoms with Gasteiger partial charge in [-0.05, 0) is 56.7 Å². The number of likely N-dealkylation sites (tertiary alicyclic amines) is 1. The van der Waals surface area contributed by atoms with Crippen molar-refractivity contribution in [3.05, 3.63) is 47.1 Å². The van der Waals surface area contributed by atoms with Gasteiger partial charge in [-0.15, -0.1) is 0 Å². The fourth-order valence-electron chi connectivity index (χ4n) is 2.79. The number of aromatic nitrogens is 2. The number of carbonyl (C=O) groups excluding carboxylic acids is 1. The van der Waals surface area contributed by atoms with Gasteiger partial charge in [0.05, 0.1) is 0 Å². The summed E-state index contributed by atoms with van der Waals surface area (Å²) in [4.78, 5) is 33.2. The molecule has 2 N–H and O–H groups in total. The van der Waals surface area contributed by atoms with Crippen LogP contribution in [0.15, 0.2) is 41.6 Å². The molecule has 0 bridgehead atoms. The van der Waals surface area contributed by atoms with E-state index in [0.717, 1.165) is 37.1 Å². The SMILES string of the molecule is CN1CCC(C(=O)Nc2cc(-c3ccncc3)c[nH]c2=O)CC1. The monoisotopic (exact) mass is 312 g/mol. The van der Waals surface area contributed by atoms with Gasteiger partial charge in [-0.25, -0.2) is 0 Å². The van der Waals surface area contributed by atoms with E-state index in [2.05, 4.69) is 27.2 Å². The van der Waals surface area contributed by atoms with Crippen LogP contribution in [-0.4, -0.2) is 40.9 Å². The highest BCUT2D eigenvalue weighted by Crippen LogP contribution is 2.21. The minimum atomic E-state index is -0.288. The third-order valence-corrected chi connectivity index (χ3v) is 4.26. The maximum absolute atomic E-state index is 12.4. The van der Waals surface area contributed by atoms with Crippen molar-refractivity contribution in [2.24, 2.45) is 5.92 Å². The molecule has 1 fully saturated rings. The summed E-state index contributed by atoms with van der Waals surface area (Å²) in [5.74, 6) is -0.106. The average molecular weight is 312 g/mol. The van der Waals surface area contributed by atoms with Crippen LogP contribution in [0.1, 0.15) is 12.8 Å². The Bertz CT molecular complexity index is 734. The van der Waals surface area contributed by atoms with Gasteiger partial charge in [0.1, 0.15) is 5.69 Å². The van der Waals surface area contributed by atoms with Gasteiger partial charge < -0.3 is 15.2 Å². The minimum absolute atomic E-state index is 0.0322. The van der Waals surface area contributed by atoms with E-state index in [0.29, 0.717) is 5.69 Å². The highest BCUT2D eigenvalue weighted by Gasteiger charge is 2.24. The Morgan fingerprint density at radius 3 is 2.65 bits per heavy atom. The molecule has 1 aliphatic rings. The van der Waals surface area contributed by atoms with Gasteiger partial charge in [0.15, 0.2) is 0 Å². The summed E-state index contributed by atoms with van der Waals surface area (Å²) in [5.41, 5.74) is 1.78. The Morgan fingerprint density at radius 1 is 1.26 bits per heavy atom. The van der Waals surface area contributed by atoms with Gasteiger partial charge in [0.25, 0.3) is 5.56 Å². The van der Waals surface area contributed by atoms with Crippen LogP contribution in [0, 0.1) is 5.92 Å². The van der Waals surface area contributed by atoms with Gasteiger partial charge in [0.2, 0.25) is 5.91 Å². The van der Waals surface area contributed by atoms with Crippen LogP contribution in [0.5, 0.6) is 0 Å². The number of rotatable bonds is 3. The molecule has 3 rings (SSSR count). The molecule has 6 heteroatoms. The molecule has 0 unspecified atom stereocenters. The van der Waals surface area contributed by atoms with Crippen molar-refractivity contribution in [1.82, 2.24) is 14.9 Å². The first kappa shape index (κ1) is 15.4. The molecule has 2 aromatic rings. The molecule has 0 radical (unpaired) electrons. The molecular formula is C17H20N4O2. The average Bonchev–Trinajstić information content (AvgIpc) is 2.58. The number of carbonyl (C=O) groups is 1. The van der Waals surface area contributed by atoms with E-state index in [1.807, 2.05) is 12.1 Å². The number of hydrogen-bond acceptors (Lipinski definition) is 4. The second kappa shape index (κ2) is 6.75. The molecule has 0 aliphatic carbocycles. The number of H-pyrrole nitrogens is 1. The maximum atomic E-state index is 12.4. The Balaban J connectivity index is 1.77. The molecule has 0 aromatic carbocycles. The molecule has 1 saturated heterocycles. The van der Waals surface area contributed by atoms with Crippen molar-refractivity contribution in [1.29, 1.82) is 0 Å². The lowest BCUT2D eigenvalue weighted by Gasteiger charge is -2.27. The third kappa shape index (κ3) is 3.65. The smallest absolute Gasteiger partial charge is 0.271 e. The van der Waals surface area contributed by atoms with E-state index in [1.165, 1.54) is 0 Å². The summed E-state index contributed by atoms with van der Waals surface area (Å²) in [5, 5.41) is 2.79. The van der Waals surface area contributed by atoms with Crippen LogP contribution in [0.2, 0.25) is 0 Å². The first-order valence-electron chi connectivity index (χ1n) is 7.76. The maximum Gasteiger partial charge on any atom is 0.271 e. The number of amides is 1. The molecule has 6 nitrogen and oxygen atoms in total. The molecule has 0 saturated carbocycles. The van der Waals surface area contributed by atoms with Gasteiger partial charge in [0, 0.05) is 30.1 Å². The summed E-state index contributed by atoms with van der Waals surface area (Å²) >= 11 is 0. The van der Waals surface area contributed by atoms with Crippen LogP contribution in [0.4, 0.5) is 5.69 Å². The van der Waals surface area contributed by atoms with Crippen molar-refractivity contribution < 1.29 is 4.79 Å². The first-order chi connectivity index (χ1) is 11.1. The van der Waals surface area contributed by atoms with Gasteiger partial charge >= 0.3 is 0 Å². The van der Waals surface area contributed by atoms with Crippen molar-refractivity contribution >= 4 is 11.6 Å². The summed E-state index contributed by atoms with van der Waals surface area (Å²) in [6, 6.07) is 5.42. The number of aromatic amines is 1. The number of pyridine rings is 2. The van der Waals surface area contributed by atoms with E-state index in [1.54, 1.807) is 24.7 Å². The molecule has 23 heavy (non-hydrogen) atoms.